The van der Waals surface area contributed by atoms with Gasteiger partial charge in [-0.3, -0.25) is 10.2 Å². The van der Waals surface area contributed by atoms with Gasteiger partial charge in [0.15, 0.2) is 0 Å². The van der Waals surface area contributed by atoms with E-state index in [4.69, 9.17) is 10.5 Å². The highest BCUT2D eigenvalue weighted by Gasteiger charge is 2.17. The maximum Gasteiger partial charge on any atom is 0.237 e. The van der Waals surface area contributed by atoms with Crippen molar-refractivity contribution >= 4 is 23.0 Å². The summed E-state index contributed by atoms with van der Waals surface area (Å²) in [5.41, 5.74) is 4.79. The van der Waals surface area contributed by atoms with Crippen LogP contribution in [0.15, 0.2) is 23.3 Å². The highest BCUT2D eigenvalue weighted by molar-refractivity contribution is 6.10. The molecule has 1 aromatic carbocycles. The van der Waals surface area contributed by atoms with Gasteiger partial charge in [-0.05, 0) is 18.6 Å². The number of nitrogens with one attached hydrogen (secondary N) is 2. The van der Waals surface area contributed by atoms with E-state index < -0.39 is 0 Å². The molecule has 2 rings (SSSR count). The van der Waals surface area contributed by atoms with Gasteiger partial charge in [0.2, 0.25) is 11.6 Å². The Morgan fingerprint density at radius 3 is 2.83 bits per heavy atom. The monoisotopic (exact) mass is 239 g/mol. The fourth-order valence-corrected chi connectivity index (χ4v) is 1.72. The lowest BCUT2D eigenvalue weighted by atomic mass is 10.0. The summed E-state index contributed by atoms with van der Waals surface area (Å²) < 4.78 is 0. The summed E-state index contributed by atoms with van der Waals surface area (Å²) in [5, 5.41) is 23.6. The van der Waals surface area contributed by atoms with Crippen LogP contribution < -0.4 is 10.7 Å². The van der Waals surface area contributed by atoms with Crippen LogP contribution in [0.5, 0.6) is 0 Å². The lowest BCUT2D eigenvalue weighted by Crippen LogP contribution is -2.19. The molecule has 0 bridgehead atoms. The molecule has 0 aliphatic carbocycles. The van der Waals surface area contributed by atoms with Gasteiger partial charge >= 0.3 is 0 Å². The Morgan fingerprint density at radius 1 is 1.33 bits per heavy atom. The van der Waals surface area contributed by atoms with Crippen molar-refractivity contribution < 1.29 is 4.79 Å². The summed E-state index contributed by atoms with van der Waals surface area (Å²) in [6.07, 6.45) is 1.02. The number of fused-ring (bicyclic) bond motifs is 1. The van der Waals surface area contributed by atoms with Crippen LogP contribution in [0, 0.1) is 22.7 Å². The van der Waals surface area contributed by atoms with Crippen LogP contribution in [-0.2, 0) is 11.2 Å². The minimum Gasteiger partial charge on any atom is -0.326 e. The van der Waals surface area contributed by atoms with Crippen LogP contribution >= 0.6 is 0 Å². The van der Waals surface area contributed by atoms with Gasteiger partial charge in [0.1, 0.15) is 12.1 Å². The Kier molecular flexibility index (Phi) is 3.22. The molecule has 0 saturated carbocycles. The Bertz CT molecular complexity index is 590. The molecule has 2 N–H and O–H groups in total. The second-order valence-electron chi connectivity index (χ2n) is 3.68. The number of amides is 1. The maximum absolute atomic E-state index is 11.3. The minimum atomic E-state index is -0.243. The number of hydrogen-bond donors (Lipinski definition) is 2. The van der Waals surface area contributed by atoms with Gasteiger partial charge < -0.3 is 5.32 Å². The van der Waals surface area contributed by atoms with Crippen molar-refractivity contribution in [3.8, 4) is 12.1 Å². The molecule has 0 aromatic heterocycles. The fraction of sp³-hybridized carbons (Fsp3) is 0.167. The number of carbonyl (C=O) groups excluding carboxylic acids is 1. The topological polar surface area (TPSA) is 101 Å². The Morgan fingerprint density at radius 2 is 2.11 bits per heavy atom. The molecule has 0 unspecified atom stereocenters. The summed E-state index contributed by atoms with van der Waals surface area (Å²) in [7, 11) is 0. The molecular formula is C12H9N5O. The summed E-state index contributed by atoms with van der Waals surface area (Å²) in [6.45, 7) is 0. The summed E-state index contributed by atoms with van der Waals surface area (Å²) >= 11 is 0. The highest BCUT2D eigenvalue weighted by Crippen LogP contribution is 2.29. The predicted octanol–water partition coefficient (Wildman–Crippen LogP) is 1.39. The Balaban J connectivity index is 2.29. The second kappa shape index (κ2) is 4.98. The molecule has 6 heteroatoms. The molecule has 0 atom stereocenters. The lowest BCUT2D eigenvalue weighted by Gasteiger charge is -2.19. The zero-order valence-electron chi connectivity index (χ0n) is 9.40. The molecule has 88 valence electrons. The van der Waals surface area contributed by atoms with Crippen LogP contribution in [0.1, 0.15) is 12.0 Å². The number of hydrogen-bond acceptors (Lipinski definition) is 5. The first-order chi connectivity index (χ1) is 8.74. The molecule has 1 amide bonds. The summed E-state index contributed by atoms with van der Waals surface area (Å²) in [6, 6.07) is 8.68. The van der Waals surface area contributed by atoms with Crippen LogP contribution in [0.4, 0.5) is 11.4 Å². The average Bonchev–Trinajstić information content (AvgIpc) is 2.39. The fourth-order valence-electron chi connectivity index (χ4n) is 1.72. The molecule has 18 heavy (non-hydrogen) atoms. The van der Waals surface area contributed by atoms with Crippen molar-refractivity contribution in [2.75, 3.05) is 10.7 Å². The van der Waals surface area contributed by atoms with Gasteiger partial charge in [0.25, 0.3) is 0 Å². The van der Waals surface area contributed by atoms with E-state index in [1.165, 1.54) is 0 Å². The van der Waals surface area contributed by atoms with E-state index in [-0.39, 0.29) is 11.6 Å². The molecule has 1 aliphatic rings. The lowest BCUT2D eigenvalue weighted by molar-refractivity contribution is -0.116. The molecule has 0 fully saturated rings. The molecule has 6 nitrogen and oxygen atoms in total. The third-order valence-electron chi connectivity index (χ3n) is 2.55. The van der Waals surface area contributed by atoms with Gasteiger partial charge in [0, 0.05) is 17.7 Å². The standard InChI is InChI=1S/C12H9N5O/c13-6-8(7-14)16-17-11-3-1-2-10-9(11)4-5-12(18)15-10/h1-3,17H,4-5H2,(H,15,18). The van der Waals surface area contributed by atoms with E-state index >= 15 is 0 Å². The van der Waals surface area contributed by atoms with Gasteiger partial charge in [0.05, 0.1) is 5.69 Å². The summed E-state index contributed by atoms with van der Waals surface area (Å²) in [4.78, 5) is 11.3. The van der Waals surface area contributed by atoms with Gasteiger partial charge in [-0.1, -0.05) is 6.07 Å². The molecule has 0 radical (unpaired) electrons. The second-order valence-corrected chi connectivity index (χ2v) is 3.68. The van der Waals surface area contributed by atoms with E-state index in [0.29, 0.717) is 18.5 Å². The maximum atomic E-state index is 11.3. The van der Waals surface area contributed by atoms with E-state index in [9.17, 15) is 4.79 Å². The molecule has 0 spiro atoms. The minimum absolute atomic E-state index is 0.0158. The number of rotatable bonds is 2. The van der Waals surface area contributed by atoms with Crippen molar-refractivity contribution in [1.29, 1.82) is 10.5 Å². The molecule has 1 aromatic rings. The van der Waals surface area contributed by atoms with Gasteiger partial charge in [-0.2, -0.15) is 15.6 Å². The Labute approximate surface area is 104 Å². The summed E-state index contributed by atoms with van der Waals surface area (Å²) in [5.74, 6) is -0.0158. The molecule has 1 aliphatic heterocycles. The third-order valence-corrected chi connectivity index (χ3v) is 2.55. The molecular weight excluding hydrogens is 230 g/mol. The zero-order chi connectivity index (χ0) is 13.0. The number of hydrazone groups is 1. The van der Waals surface area contributed by atoms with Gasteiger partial charge in [-0.15, -0.1) is 0 Å². The smallest absolute Gasteiger partial charge is 0.237 e. The van der Waals surface area contributed by atoms with Crippen LogP contribution in [-0.4, -0.2) is 11.6 Å². The van der Waals surface area contributed by atoms with Crippen molar-refractivity contribution in [1.82, 2.24) is 0 Å². The number of carbonyl (C=O) groups is 1. The van der Waals surface area contributed by atoms with Crippen molar-refractivity contribution in [3.63, 3.8) is 0 Å². The first-order valence-electron chi connectivity index (χ1n) is 5.30. The van der Waals surface area contributed by atoms with E-state index in [2.05, 4.69) is 15.8 Å². The normalized spacial score (nSPS) is 12.4. The average molecular weight is 239 g/mol. The number of nitrogens with zero attached hydrogens (tertiary/aromatic N) is 3. The van der Waals surface area contributed by atoms with Crippen molar-refractivity contribution in [2.24, 2.45) is 5.10 Å². The highest BCUT2D eigenvalue weighted by atomic mass is 16.1. The predicted molar refractivity (Wildman–Crippen MR) is 65.7 cm³/mol. The number of anilines is 2. The largest absolute Gasteiger partial charge is 0.326 e. The Hall–Kier alpha value is -2.86. The molecule has 1 heterocycles. The van der Waals surface area contributed by atoms with Crippen molar-refractivity contribution in [3.05, 3.63) is 23.8 Å². The SMILES string of the molecule is N#CC(C#N)=NNc1cccc2c1CCC(=O)N2. The zero-order valence-corrected chi connectivity index (χ0v) is 9.40. The van der Waals surface area contributed by atoms with Gasteiger partial charge in [-0.25, -0.2) is 0 Å². The van der Waals surface area contributed by atoms with Crippen LogP contribution in [0.25, 0.3) is 0 Å². The third kappa shape index (κ3) is 2.28. The first kappa shape index (κ1) is 11.6. The number of nitriles is 2. The van der Waals surface area contributed by atoms with Crippen LogP contribution in [0.2, 0.25) is 0 Å². The number of benzene rings is 1. The van der Waals surface area contributed by atoms with Crippen LogP contribution in [0.3, 0.4) is 0 Å². The van der Waals surface area contributed by atoms with Crippen molar-refractivity contribution in [2.45, 2.75) is 12.8 Å². The van der Waals surface area contributed by atoms with E-state index in [1.807, 2.05) is 0 Å². The quantitative estimate of drug-likeness (QED) is 0.601. The van der Waals surface area contributed by atoms with E-state index in [0.717, 1.165) is 11.3 Å². The molecule has 0 saturated heterocycles. The first-order valence-corrected chi connectivity index (χ1v) is 5.30. The van der Waals surface area contributed by atoms with E-state index in [1.54, 1.807) is 30.3 Å².